The Labute approximate surface area is 286 Å². The third-order valence-corrected chi connectivity index (χ3v) is 10.0. The van der Waals surface area contributed by atoms with Crippen molar-refractivity contribution in [3.05, 3.63) is 95.8 Å². The summed E-state index contributed by atoms with van der Waals surface area (Å²) in [6.45, 7) is 2.96. The number of anilines is 1. The maximum absolute atomic E-state index is 14.3. The van der Waals surface area contributed by atoms with E-state index in [0.29, 0.717) is 12.8 Å². The summed E-state index contributed by atoms with van der Waals surface area (Å²) in [4.78, 5) is 44.5. The highest BCUT2D eigenvalue weighted by Crippen LogP contribution is 2.37. The fourth-order valence-corrected chi connectivity index (χ4v) is 7.49. The molecular formula is C33H44FN4O9PS. The summed E-state index contributed by atoms with van der Waals surface area (Å²) in [5.41, 5.74) is 6.87. The largest absolute Gasteiger partial charge is 0.469 e. The van der Waals surface area contributed by atoms with Crippen LogP contribution in [0.1, 0.15) is 50.2 Å². The number of hydrogen-bond donors (Lipinski definition) is 5. The number of amides is 2. The second-order valence-electron chi connectivity index (χ2n) is 11.8. The first-order valence-corrected chi connectivity index (χ1v) is 18.6. The summed E-state index contributed by atoms with van der Waals surface area (Å²) in [5.74, 6) is -2.19. The van der Waals surface area contributed by atoms with Crippen LogP contribution in [0, 0.1) is 11.7 Å². The lowest BCUT2D eigenvalue weighted by Crippen LogP contribution is -2.50. The van der Waals surface area contributed by atoms with E-state index in [-0.39, 0.29) is 36.0 Å². The molecule has 0 radical (unpaired) electrons. The molecule has 0 aliphatic carbocycles. The molecule has 2 amide bonds. The van der Waals surface area contributed by atoms with Crippen LogP contribution in [0.25, 0.3) is 0 Å². The van der Waals surface area contributed by atoms with E-state index in [1.807, 2.05) is 60.7 Å². The number of unbranched alkanes of at least 4 members (excludes halogenated alkanes) is 1. The third kappa shape index (κ3) is 11.9. The summed E-state index contributed by atoms with van der Waals surface area (Å²) in [5, 5.41) is 5.50. The van der Waals surface area contributed by atoms with E-state index in [1.165, 1.54) is 7.11 Å². The maximum Gasteiger partial charge on any atom is 0.469 e. The predicted octanol–water partition coefficient (Wildman–Crippen LogP) is 4.38. The van der Waals surface area contributed by atoms with Crippen molar-refractivity contribution in [3.8, 4) is 0 Å². The van der Waals surface area contributed by atoms with Gasteiger partial charge in [0.05, 0.1) is 24.3 Å². The number of methoxy groups -OCH3 is 1. The van der Waals surface area contributed by atoms with Crippen LogP contribution in [-0.2, 0) is 28.6 Å². The first kappa shape index (κ1) is 39.6. The normalized spacial score (nSPS) is 13.3. The number of nitrogen functional groups attached to an aromatic ring is 1. The van der Waals surface area contributed by atoms with Gasteiger partial charge in [-0.1, -0.05) is 80.9 Å². The average Bonchev–Trinajstić information content (AvgIpc) is 3.06. The van der Waals surface area contributed by atoms with Gasteiger partial charge in [0.1, 0.15) is 11.9 Å². The molecule has 6 N–H and O–H groups in total. The van der Waals surface area contributed by atoms with Crippen molar-refractivity contribution in [2.24, 2.45) is 5.92 Å². The number of sulfonamides is 1. The van der Waals surface area contributed by atoms with E-state index >= 15 is 0 Å². The average molecular weight is 723 g/mol. The highest BCUT2D eigenvalue weighted by molar-refractivity contribution is 7.89. The van der Waals surface area contributed by atoms with Crippen LogP contribution < -0.4 is 16.4 Å². The van der Waals surface area contributed by atoms with Gasteiger partial charge in [-0.15, -0.1) is 0 Å². The van der Waals surface area contributed by atoms with Gasteiger partial charge in [0.2, 0.25) is 15.9 Å². The molecule has 0 aliphatic heterocycles. The topological polar surface area (TPSA) is 198 Å². The molecule has 3 rings (SSSR count). The molecule has 49 heavy (non-hydrogen) atoms. The Bertz CT molecular complexity index is 1640. The van der Waals surface area contributed by atoms with Crippen molar-refractivity contribution in [1.29, 1.82) is 0 Å². The summed E-state index contributed by atoms with van der Waals surface area (Å²) >= 11 is 0. The van der Waals surface area contributed by atoms with Crippen molar-refractivity contribution in [2.75, 3.05) is 32.5 Å². The number of hydrogen-bond acceptors (Lipinski definition) is 8. The van der Waals surface area contributed by atoms with Gasteiger partial charge in [-0.3, -0.25) is 9.32 Å². The van der Waals surface area contributed by atoms with E-state index in [4.69, 9.17) is 15.0 Å². The Balaban J connectivity index is 1.79. The molecule has 0 aliphatic rings. The second-order valence-corrected chi connectivity index (χ2v) is 14.9. The fraction of sp³-hybridized carbons (Fsp3) is 0.394. The fourth-order valence-electron chi connectivity index (χ4n) is 5.31. The quantitative estimate of drug-likeness (QED) is 0.0714. The molecule has 0 spiro atoms. The van der Waals surface area contributed by atoms with Crippen LogP contribution in [0.3, 0.4) is 0 Å². The van der Waals surface area contributed by atoms with Crippen molar-refractivity contribution < 1.29 is 46.0 Å². The zero-order chi connectivity index (χ0) is 36.2. The van der Waals surface area contributed by atoms with Crippen molar-refractivity contribution in [2.45, 2.75) is 56.0 Å². The molecular weight excluding hydrogens is 678 g/mol. The minimum Gasteiger partial charge on any atom is -0.453 e. The standard InChI is InChI=1S/C33H44FN4O9PS/c1-23(2)21-38(49(44,45)27-17-18-29(35)28(34)20-27)26(22-47-48(41,42)43)16-10-11-19-36-32(39)31(37-33(40)46-3)30(24-12-6-4-7-13-24)25-14-8-5-9-15-25/h4-9,12-15,17-18,20,23,26,30-31H,10-11,16,19,21-22,35H2,1-3H3,(H,36,39)(H,37,40)(H2,41,42,43)/t26-,31-/m0/s1. The Morgan fingerprint density at radius 1 is 0.980 bits per heavy atom. The third-order valence-electron chi connectivity index (χ3n) is 7.62. The summed E-state index contributed by atoms with van der Waals surface area (Å²) < 4.78 is 64.0. The first-order chi connectivity index (χ1) is 23.1. The molecule has 268 valence electrons. The smallest absolute Gasteiger partial charge is 0.453 e. The van der Waals surface area contributed by atoms with Crippen LogP contribution in [0.5, 0.6) is 0 Å². The summed E-state index contributed by atoms with van der Waals surface area (Å²) in [7, 11) is -8.14. The van der Waals surface area contributed by atoms with Gasteiger partial charge in [-0.05, 0) is 48.1 Å². The van der Waals surface area contributed by atoms with Crippen molar-refractivity contribution in [3.63, 3.8) is 0 Å². The summed E-state index contributed by atoms with van der Waals surface area (Å²) in [6, 6.07) is 19.4. The van der Waals surface area contributed by atoms with Gasteiger partial charge >= 0.3 is 13.9 Å². The lowest BCUT2D eigenvalue weighted by atomic mass is 9.84. The number of carbonyl (C=O) groups is 2. The number of nitrogens with two attached hydrogens (primary N) is 1. The lowest BCUT2D eigenvalue weighted by molar-refractivity contribution is -0.123. The molecule has 2 atom stereocenters. The lowest BCUT2D eigenvalue weighted by Gasteiger charge is -2.32. The minimum atomic E-state index is -4.98. The zero-order valence-corrected chi connectivity index (χ0v) is 29.3. The Hall–Kier alpha value is -3.85. The Morgan fingerprint density at radius 3 is 2.08 bits per heavy atom. The number of rotatable bonds is 18. The maximum atomic E-state index is 14.3. The highest BCUT2D eigenvalue weighted by Gasteiger charge is 2.35. The minimum absolute atomic E-state index is 0.0541. The first-order valence-electron chi connectivity index (χ1n) is 15.6. The molecule has 0 saturated carbocycles. The van der Waals surface area contributed by atoms with E-state index in [1.54, 1.807) is 13.8 Å². The van der Waals surface area contributed by atoms with Crippen LogP contribution >= 0.6 is 7.82 Å². The molecule has 16 heteroatoms. The molecule has 3 aromatic rings. The molecule has 0 unspecified atom stereocenters. The van der Waals surface area contributed by atoms with E-state index in [2.05, 4.69) is 10.6 Å². The molecule has 0 saturated heterocycles. The second kappa shape index (κ2) is 18.2. The van der Waals surface area contributed by atoms with Gasteiger partial charge < -0.3 is 30.9 Å². The van der Waals surface area contributed by atoms with E-state index < -0.39 is 60.3 Å². The number of benzene rings is 3. The number of ether oxygens (including phenoxy) is 1. The molecule has 3 aromatic carbocycles. The van der Waals surface area contributed by atoms with Gasteiger partial charge in [-0.25, -0.2) is 22.2 Å². The van der Waals surface area contributed by atoms with Crippen molar-refractivity contribution >= 4 is 35.5 Å². The molecule has 0 fully saturated rings. The van der Waals surface area contributed by atoms with E-state index in [0.717, 1.165) is 33.6 Å². The van der Waals surface area contributed by atoms with Crippen LogP contribution in [-0.4, -0.2) is 73.4 Å². The van der Waals surface area contributed by atoms with Gasteiger partial charge in [0, 0.05) is 25.0 Å². The number of nitrogens with zero attached hydrogens (tertiary/aromatic N) is 1. The van der Waals surface area contributed by atoms with Crippen molar-refractivity contribution in [1.82, 2.24) is 14.9 Å². The number of nitrogens with one attached hydrogen (secondary N) is 2. The Morgan fingerprint density at radius 2 is 1.57 bits per heavy atom. The molecule has 0 aromatic heterocycles. The monoisotopic (exact) mass is 722 g/mol. The zero-order valence-electron chi connectivity index (χ0n) is 27.6. The van der Waals surface area contributed by atoms with E-state index in [9.17, 15) is 36.7 Å². The predicted molar refractivity (Wildman–Crippen MR) is 182 cm³/mol. The number of carbonyl (C=O) groups excluding carboxylic acids is 2. The van der Waals surface area contributed by atoms with Crippen LogP contribution in [0.4, 0.5) is 14.9 Å². The number of halogens is 1. The molecule has 0 bridgehead atoms. The van der Waals surface area contributed by atoms with Crippen LogP contribution in [0.15, 0.2) is 83.8 Å². The molecule has 13 nitrogen and oxygen atoms in total. The Kier molecular flexibility index (Phi) is 14.7. The van der Waals surface area contributed by atoms with Gasteiger partial charge in [-0.2, -0.15) is 4.31 Å². The highest BCUT2D eigenvalue weighted by atomic mass is 32.2. The number of alkyl carbamates (subject to hydrolysis) is 1. The number of phosphoric acid groups is 1. The summed E-state index contributed by atoms with van der Waals surface area (Å²) in [6.07, 6.45) is -0.0840. The molecule has 0 heterocycles. The van der Waals surface area contributed by atoms with Gasteiger partial charge in [0.25, 0.3) is 0 Å². The SMILES string of the molecule is COC(=O)N[C@H](C(=O)NCCCC[C@@H](COP(=O)(O)O)N(CC(C)C)S(=O)(=O)c1ccc(N)c(F)c1)C(c1ccccc1)c1ccccc1. The van der Waals surface area contributed by atoms with Gasteiger partial charge in [0.15, 0.2) is 0 Å². The number of phosphoric ester groups is 1. The van der Waals surface area contributed by atoms with Crippen LogP contribution in [0.2, 0.25) is 0 Å².